The second kappa shape index (κ2) is 10.8. The Morgan fingerprint density at radius 1 is 1.15 bits per heavy atom. The third-order valence-corrected chi connectivity index (χ3v) is 8.36. The number of nitrogens with zero attached hydrogens (tertiary/aromatic N) is 5. The molecule has 0 saturated carbocycles. The van der Waals surface area contributed by atoms with Gasteiger partial charge in [0.05, 0.1) is 11.3 Å². The molecule has 0 bridgehead atoms. The van der Waals surface area contributed by atoms with E-state index in [-0.39, 0.29) is 34.0 Å². The second-order valence-electron chi connectivity index (χ2n) is 8.92. The van der Waals surface area contributed by atoms with Crippen molar-refractivity contribution < 1.29 is 35.9 Å². The minimum Gasteiger partial charge on any atom is -0.405 e. The zero-order valence-corrected chi connectivity index (χ0v) is 23.2. The van der Waals surface area contributed by atoms with Crippen LogP contribution < -0.4 is 4.74 Å². The lowest BCUT2D eigenvalue weighted by molar-refractivity contribution is -0.276. The summed E-state index contributed by atoms with van der Waals surface area (Å²) in [6, 6.07) is 5.19. The number of ether oxygens (including phenoxy) is 1. The maximum atomic E-state index is 13.5. The fraction of sp³-hybridized carbons (Fsp3) is 0.333. The van der Waals surface area contributed by atoms with Gasteiger partial charge in [0.15, 0.2) is 5.65 Å². The summed E-state index contributed by atoms with van der Waals surface area (Å²) < 4.78 is 83.9. The molecular formula is C24H17BrClF6N5O2S. The van der Waals surface area contributed by atoms with Crippen molar-refractivity contribution in [3.8, 4) is 17.0 Å². The monoisotopic (exact) mass is 667 g/mol. The molecule has 0 radical (unpaired) electrons. The molecule has 0 aliphatic carbocycles. The zero-order valence-electron chi connectivity index (χ0n) is 20.1. The third kappa shape index (κ3) is 6.05. The van der Waals surface area contributed by atoms with Crippen molar-refractivity contribution >= 4 is 55.9 Å². The minimum atomic E-state index is -5.35. The van der Waals surface area contributed by atoms with Gasteiger partial charge in [0, 0.05) is 35.2 Å². The highest BCUT2D eigenvalue weighted by Gasteiger charge is 2.41. The van der Waals surface area contributed by atoms with Crippen LogP contribution in [-0.2, 0) is 17.5 Å². The van der Waals surface area contributed by atoms with Crippen molar-refractivity contribution in [3.63, 3.8) is 0 Å². The summed E-state index contributed by atoms with van der Waals surface area (Å²) in [7, 11) is 0. The molecule has 4 aromatic rings. The van der Waals surface area contributed by atoms with E-state index in [2.05, 4.69) is 35.6 Å². The number of piperidine rings is 1. The van der Waals surface area contributed by atoms with Gasteiger partial charge in [-0.1, -0.05) is 27.5 Å². The fourth-order valence-corrected chi connectivity index (χ4v) is 6.54. The van der Waals surface area contributed by atoms with Crippen LogP contribution in [0.1, 0.15) is 29.3 Å². The highest BCUT2D eigenvalue weighted by Crippen LogP contribution is 2.47. The molecule has 3 aromatic heterocycles. The van der Waals surface area contributed by atoms with Crippen LogP contribution in [0.5, 0.6) is 5.75 Å². The second-order valence-corrected chi connectivity index (χ2v) is 11.4. The van der Waals surface area contributed by atoms with Crippen molar-refractivity contribution in [3.05, 3.63) is 56.2 Å². The number of likely N-dealkylation sites (tertiary alicyclic amines) is 1. The highest BCUT2D eigenvalue weighted by atomic mass is 79.9. The number of imidazole rings is 1. The van der Waals surface area contributed by atoms with E-state index in [0.29, 0.717) is 48.2 Å². The molecule has 1 fully saturated rings. The van der Waals surface area contributed by atoms with Gasteiger partial charge >= 0.3 is 12.5 Å². The van der Waals surface area contributed by atoms with Gasteiger partial charge in [0.25, 0.3) is 0 Å². The molecule has 0 N–H and O–H groups in total. The average Bonchev–Trinajstić information content (AvgIpc) is 3.45. The van der Waals surface area contributed by atoms with E-state index in [9.17, 15) is 31.1 Å². The van der Waals surface area contributed by atoms with Crippen molar-refractivity contribution in [2.24, 2.45) is 0 Å². The molecular weight excluding hydrogens is 652 g/mol. The smallest absolute Gasteiger partial charge is 0.405 e. The van der Waals surface area contributed by atoms with Gasteiger partial charge in [-0.15, -0.1) is 24.5 Å². The molecule has 0 spiro atoms. The number of carbonyl (C=O) groups is 1. The molecule has 1 aliphatic rings. The number of aromatic nitrogens is 4. The van der Waals surface area contributed by atoms with Gasteiger partial charge < -0.3 is 14.2 Å². The van der Waals surface area contributed by atoms with Crippen molar-refractivity contribution in [1.82, 2.24) is 24.4 Å². The van der Waals surface area contributed by atoms with Crippen LogP contribution in [0.15, 0.2) is 41.3 Å². The SMILES string of the molecule is O=C(Cn1cnc2cccnc21)N1CCC(c2nc(-c3cc(Br)c(C(F)(F)F)c(OC(F)(F)F)c3)c(Cl)s2)CC1. The summed E-state index contributed by atoms with van der Waals surface area (Å²) in [6.45, 7) is 0.952. The Kier molecular flexibility index (Phi) is 7.74. The average molecular weight is 669 g/mol. The lowest BCUT2D eigenvalue weighted by Crippen LogP contribution is -2.39. The fourth-order valence-electron chi connectivity index (χ4n) is 4.50. The summed E-state index contributed by atoms with van der Waals surface area (Å²) >= 11 is 10.2. The van der Waals surface area contributed by atoms with Gasteiger partial charge in [-0.3, -0.25) is 4.79 Å². The van der Waals surface area contributed by atoms with Crippen molar-refractivity contribution in [2.75, 3.05) is 13.1 Å². The molecule has 0 unspecified atom stereocenters. The van der Waals surface area contributed by atoms with Gasteiger partial charge in [-0.05, 0) is 37.1 Å². The van der Waals surface area contributed by atoms with Crippen LogP contribution >= 0.6 is 38.9 Å². The van der Waals surface area contributed by atoms with Gasteiger partial charge in [0.1, 0.15) is 33.4 Å². The van der Waals surface area contributed by atoms with E-state index in [1.54, 1.807) is 34.1 Å². The molecule has 5 rings (SSSR count). The Balaban J connectivity index is 1.31. The molecule has 16 heteroatoms. The predicted molar refractivity (Wildman–Crippen MR) is 138 cm³/mol. The van der Waals surface area contributed by atoms with E-state index in [1.165, 1.54) is 0 Å². The number of carbonyl (C=O) groups excluding carboxylic acids is 1. The van der Waals surface area contributed by atoms with Crippen LogP contribution in [0.2, 0.25) is 4.34 Å². The maximum Gasteiger partial charge on any atom is 0.573 e. The molecule has 7 nitrogen and oxygen atoms in total. The molecule has 4 heterocycles. The molecule has 212 valence electrons. The Bertz CT molecular complexity index is 1570. The Morgan fingerprint density at radius 3 is 2.55 bits per heavy atom. The number of fused-ring (bicyclic) bond motifs is 1. The predicted octanol–water partition coefficient (Wildman–Crippen LogP) is 7.29. The molecule has 40 heavy (non-hydrogen) atoms. The molecule has 1 amide bonds. The summed E-state index contributed by atoms with van der Waals surface area (Å²) in [5, 5.41) is 0.575. The van der Waals surface area contributed by atoms with E-state index in [1.807, 2.05) is 0 Å². The van der Waals surface area contributed by atoms with Gasteiger partial charge in [0.2, 0.25) is 5.91 Å². The zero-order chi connectivity index (χ0) is 28.8. The van der Waals surface area contributed by atoms with E-state index in [0.717, 1.165) is 17.4 Å². The van der Waals surface area contributed by atoms with Crippen molar-refractivity contribution in [1.29, 1.82) is 0 Å². The van der Waals surface area contributed by atoms with Gasteiger partial charge in [-0.2, -0.15) is 13.2 Å². The first-order chi connectivity index (χ1) is 18.8. The summed E-state index contributed by atoms with van der Waals surface area (Å²) in [5.41, 5.74) is -0.338. The molecule has 1 saturated heterocycles. The first kappa shape index (κ1) is 28.6. The van der Waals surface area contributed by atoms with Crippen molar-refractivity contribution in [2.45, 2.75) is 37.8 Å². The quantitative estimate of drug-likeness (QED) is 0.209. The summed E-state index contributed by atoms with van der Waals surface area (Å²) in [6.07, 6.45) is -6.17. The van der Waals surface area contributed by atoms with Crippen LogP contribution in [0.25, 0.3) is 22.4 Å². The van der Waals surface area contributed by atoms with E-state index in [4.69, 9.17) is 11.6 Å². The molecule has 1 aromatic carbocycles. The standard InChI is InChI=1S/C24H17BrClF6N5O2S/c25-14-8-13(9-16(39-24(30,31)32)18(14)23(27,28)29)19-20(26)40-22(35-19)12-3-6-36(7-4-12)17(38)10-37-11-34-15-2-1-5-33-21(15)37/h1-2,5,8-9,11-12H,3-4,6-7,10H2. The molecule has 0 atom stereocenters. The first-order valence-electron chi connectivity index (χ1n) is 11.7. The largest absolute Gasteiger partial charge is 0.573 e. The van der Waals surface area contributed by atoms with Gasteiger partial charge in [-0.25, -0.2) is 15.0 Å². The number of amides is 1. The lowest BCUT2D eigenvalue weighted by Gasteiger charge is -2.31. The number of alkyl halides is 6. The summed E-state index contributed by atoms with van der Waals surface area (Å²) in [4.78, 5) is 27.6. The number of halogens is 8. The van der Waals surface area contributed by atoms with E-state index < -0.39 is 28.3 Å². The topological polar surface area (TPSA) is 73.1 Å². The third-order valence-electron chi connectivity index (χ3n) is 6.32. The Labute approximate surface area is 239 Å². The Hall–Kier alpha value is -2.91. The number of benzene rings is 1. The lowest BCUT2D eigenvalue weighted by atomic mass is 9.97. The number of thiazole rings is 1. The Morgan fingerprint density at radius 2 is 1.88 bits per heavy atom. The molecule has 1 aliphatic heterocycles. The van der Waals surface area contributed by atoms with Crippen LogP contribution in [-0.4, -0.2) is 49.8 Å². The number of hydrogen-bond donors (Lipinski definition) is 0. The number of rotatable bonds is 5. The van der Waals surface area contributed by atoms with Crippen LogP contribution in [0.3, 0.4) is 0 Å². The number of hydrogen-bond acceptors (Lipinski definition) is 6. The number of pyridine rings is 1. The highest BCUT2D eigenvalue weighted by molar-refractivity contribution is 9.10. The van der Waals surface area contributed by atoms with Crippen LogP contribution in [0.4, 0.5) is 26.3 Å². The van der Waals surface area contributed by atoms with E-state index >= 15 is 0 Å². The minimum absolute atomic E-state index is 0.0427. The normalized spacial score (nSPS) is 15.2. The first-order valence-corrected chi connectivity index (χ1v) is 13.7. The van der Waals surface area contributed by atoms with Crippen LogP contribution in [0, 0.1) is 0 Å². The maximum absolute atomic E-state index is 13.5. The summed E-state index contributed by atoms with van der Waals surface area (Å²) in [5.74, 6) is -1.62.